The van der Waals surface area contributed by atoms with E-state index in [1.165, 1.54) is 5.56 Å². The molecule has 1 aromatic carbocycles. The molecule has 0 bridgehead atoms. The van der Waals surface area contributed by atoms with Crippen molar-refractivity contribution in [1.82, 2.24) is 4.90 Å². The van der Waals surface area contributed by atoms with E-state index in [0.29, 0.717) is 0 Å². The lowest BCUT2D eigenvalue weighted by molar-refractivity contribution is -0.130. The van der Waals surface area contributed by atoms with E-state index in [1.54, 1.807) is 4.90 Å². The summed E-state index contributed by atoms with van der Waals surface area (Å²) in [5.41, 5.74) is 2.42. The summed E-state index contributed by atoms with van der Waals surface area (Å²) < 4.78 is 0. The first-order chi connectivity index (χ1) is 7.72. The summed E-state index contributed by atoms with van der Waals surface area (Å²) >= 11 is 0. The van der Waals surface area contributed by atoms with E-state index in [4.69, 9.17) is 0 Å². The van der Waals surface area contributed by atoms with Gasteiger partial charge in [0, 0.05) is 19.3 Å². The van der Waals surface area contributed by atoms with Crippen LogP contribution in [0.15, 0.2) is 24.3 Å². The van der Waals surface area contributed by atoms with Gasteiger partial charge in [0.25, 0.3) is 0 Å². The van der Waals surface area contributed by atoms with Crippen LogP contribution >= 0.6 is 0 Å². The molecule has 1 N–H and O–H groups in total. The fourth-order valence-corrected chi connectivity index (χ4v) is 2.05. The van der Waals surface area contributed by atoms with Gasteiger partial charge in [0.15, 0.2) is 0 Å². The van der Waals surface area contributed by atoms with Crippen molar-refractivity contribution >= 4 is 11.6 Å². The van der Waals surface area contributed by atoms with E-state index in [0.717, 1.165) is 25.1 Å². The zero-order chi connectivity index (χ0) is 11.5. The van der Waals surface area contributed by atoms with Gasteiger partial charge in [-0.1, -0.05) is 18.2 Å². The Morgan fingerprint density at radius 3 is 3.00 bits per heavy atom. The number of nitrogens with zero attached hydrogens (tertiary/aromatic N) is 1. The Hall–Kier alpha value is -1.51. The van der Waals surface area contributed by atoms with E-state index >= 15 is 0 Å². The molecule has 0 aliphatic carbocycles. The van der Waals surface area contributed by atoms with Crippen molar-refractivity contribution in [2.24, 2.45) is 0 Å². The maximum atomic E-state index is 12.0. The summed E-state index contributed by atoms with van der Waals surface area (Å²) in [5, 5.41) is 3.32. The Morgan fingerprint density at radius 1 is 1.50 bits per heavy atom. The normalized spacial score (nSPS) is 18.5. The first-order valence-electron chi connectivity index (χ1n) is 5.81. The predicted molar refractivity (Wildman–Crippen MR) is 65.5 cm³/mol. The number of benzene rings is 1. The number of nitrogens with one attached hydrogen (secondary N) is 1. The molecule has 86 valence electrons. The van der Waals surface area contributed by atoms with Crippen LogP contribution < -0.4 is 5.32 Å². The van der Waals surface area contributed by atoms with Gasteiger partial charge in [0.05, 0.1) is 0 Å². The molecule has 1 aliphatic heterocycles. The van der Waals surface area contributed by atoms with E-state index < -0.39 is 0 Å². The molecule has 3 heteroatoms. The van der Waals surface area contributed by atoms with Crippen LogP contribution in [0.25, 0.3) is 0 Å². The van der Waals surface area contributed by atoms with Crippen molar-refractivity contribution < 1.29 is 4.79 Å². The van der Waals surface area contributed by atoms with Gasteiger partial charge in [-0.25, -0.2) is 0 Å². The van der Waals surface area contributed by atoms with Crippen molar-refractivity contribution in [1.29, 1.82) is 0 Å². The number of hydrogen-bond donors (Lipinski definition) is 1. The Bertz CT molecular complexity index is 389. The lowest BCUT2D eigenvalue weighted by Crippen LogP contribution is -2.42. The molecule has 3 nitrogen and oxygen atoms in total. The van der Waals surface area contributed by atoms with Crippen LogP contribution in [0.1, 0.15) is 18.9 Å². The van der Waals surface area contributed by atoms with Gasteiger partial charge < -0.3 is 10.2 Å². The van der Waals surface area contributed by atoms with Crippen LogP contribution in [0, 0.1) is 0 Å². The molecule has 1 aromatic rings. The summed E-state index contributed by atoms with van der Waals surface area (Å²) in [7, 11) is 1.85. The molecular formula is C13H18N2O. The number of rotatable bonds is 2. The number of likely N-dealkylation sites (N-methyl/N-ethyl adjacent to an activating group) is 1. The summed E-state index contributed by atoms with van der Waals surface area (Å²) in [6.07, 6.45) is 1.87. The molecule has 0 aromatic heterocycles. The van der Waals surface area contributed by atoms with Gasteiger partial charge in [-0.3, -0.25) is 4.79 Å². The molecular weight excluding hydrogens is 200 g/mol. The minimum atomic E-state index is -0.0557. The highest BCUT2D eigenvalue weighted by Crippen LogP contribution is 2.24. The number of amides is 1. The van der Waals surface area contributed by atoms with Crippen LogP contribution in [0.3, 0.4) is 0 Å². The highest BCUT2D eigenvalue weighted by atomic mass is 16.2. The highest BCUT2D eigenvalue weighted by Gasteiger charge is 2.25. The first-order valence-corrected chi connectivity index (χ1v) is 5.81. The molecule has 1 heterocycles. The van der Waals surface area contributed by atoms with Crippen molar-refractivity contribution in [2.45, 2.75) is 25.8 Å². The van der Waals surface area contributed by atoms with E-state index in [-0.39, 0.29) is 11.9 Å². The Labute approximate surface area is 96.5 Å². The number of carbonyl (C=O) groups is 1. The third-order valence-electron chi connectivity index (χ3n) is 3.20. The van der Waals surface area contributed by atoms with Crippen LogP contribution in [0.5, 0.6) is 0 Å². The van der Waals surface area contributed by atoms with E-state index in [9.17, 15) is 4.79 Å². The molecule has 1 aliphatic rings. The quantitative estimate of drug-likeness (QED) is 0.822. The standard InChI is InChI=1S/C13H18N2O/c1-3-15(2)13(16)12-9-8-10-6-4-5-7-11(10)14-12/h4-7,12,14H,3,8-9H2,1-2H3. The van der Waals surface area contributed by atoms with Crippen molar-refractivity contribution in [2.75, 3.05) is 18.9 Å². The minimum Gasteiger partial charge on any atom is -0.373 e. The maximum absolute atomic E-state index is 12.0. The van der Waals surface area contributed by atoms with Gasteiger partial charge in [0.1, 0.15) is 6.04 Å². The average Bonchev–Trinajstić information content (AvgIpc) is 2.36. The number of carbonyl (C=O) groups excluding carboxylic acids is 1. The van der Waals surface area contributed by atoms with Crippen LogP contribution in [0.4, 0.5) is 5.69 Å². The Morgan fingerprint density at radius 2 is 2.25 bits per heavy atom. The van der Waals surface area contributed by atoms with Crippen LogP contribution in [-0.4, -0.2) is 30.4 Å². The summed E-state index contributed by atoms with van der Waals surface area (Å²) in [5.74, 6) is 0.192. The van der Waals surface area contributed by atoms with E-state index in [1.807, 2.05) is 32.2 Å². The molecule has 1 amide bonds. The zero-order valence-electron chi connectivity index (χ0n) is 9.86. The molecule has 0 fully saturated rings. The minimum absolute atomic E-state index is 0.0557. The maximum Gasteiger partial charge on any atom is 0.244 e. The van der Waals surface area contributed by atoms with Gasteiger partial charge in [0.2, 0.25) is 5.91 Å². The van der Waals surface area contributed by atoms with Gasteiger partial charge >= 0.3 is 0 Å². The number of fused-ring (bicyclic) bond motifs is 1. The molecule has 0 radical (unpaired) electrons. The largest absolute Gasteiger partial charge is 0.373 e. The smallest absolute Gasteiger partial charge is 0.244 e. The molecule has 1 atom stereocenters. The average molecular weight is 218 g/mol. The highest BCUT2D eigenvalue weighted by molar-refractivity contribution is 5.85. The van der Waals surface area contributed by atoms with Crippen molar-refractivity contribution in [3.8, 4) is 0 Å². The molecule has 0 spiro atoms. The number of anilines is 1. The monoisotopic (exact) mass is 218 g/mol. The van der Waals surface area contributed by atoms with E-state index in [2.05, 4.69) is 11.4 Å². The van der Waals surface area contributed by atoms with Crippen molar-refractivity contribution in [3.05, 3.63) is 29.8 Å². The Balaban J connectivity index is 2.11. The second-order valence-electron chi connectivity index (χ2n) is 4.25. The second kappa shape index (κ2) is 4.56. The summed E-state index contributed by atoms with van der Waals surface area (Å²) in [4.78, 5) is 13.8. The number of aryl methyl sites for hydroxylation is 1. The summed E-state index contributed by atoms with van der Waals surface area (Å²) in [6, 6.07) is 8.15. The molecule has 16 heavy (non-hydrogen) atoms. The second-order valence-corrected chi connectivity index (χ2v) is 4.25. The number of hydrogen-bond acceptors (Lipinski definition) is 2. The lowest BCUT2D eigenvalue weighted by atomic mass is 9.97. The number of para-hydroxylation sites is 1. The Kier molecular flexibility index (Phi) is 3.13. The molecule has 0 saturated heterocycles. The van der Waals surface area contributed by atoms with Gasteiger partial charge in [-0.15, -0.1) is 0 Å². The topological polar surface area (TPSA) is 32.3 Å². The summed E-state index contributed by atoms with van der Waals surface area (Å²) in [6.45, 7) is 2.76. The predicted octanol–water partition coefficient (Wildman–Crippen LogP) is 1.89. The SMILES string of the molecule is CCN(C)C(=O)C1CCc2ccccc2N1. The van der Waals surface area contributed by atoms with Gasteiger partial charge in [-0.05, 0) is 31.4 Å². The zero-order valence-corrected chi connectivity index (χ0v) is 9.86. The molecule has 0 saturated carbocycles. The van der Waals surface area contributed by atoms with Crippen molar-refractivity contribution in [3.63, 3.8) is 0 Å². The molecule has 2 rings (SSSR count). The van der Waals surface area contributed by atoms with Crippen LogP contribution in [0.2, 0.25) is 0 Å². The van der Waals surface area contributed by atoms with Crippen LogP contribution in [-0.2, 0) is 11.2 Å². The third kappa shape index (κ3) is 2.03. The third-order valence-corrected chi connectivity index (χ3v) is 3.20. The fraction of sp³-hybridized carbons (Fsp3) is 0.462. The van der Waals surface area contributed by atoms with Gasteiger partial charge in [-0.2, -0.15) is 0 Å². The first kappa shape index (κ1) is 11.0. The molecule has 1 unspecified atom stereocenters. The lowest BCUT2D eigenvalue weighted by Gasteiger charge is -2.29. The fourth-order valence-electron chi connectivity index (χ4n) is 2.05.